The molecule has 5 nitrogen and oxygen atoms in total. The van der Waals surface area contributed by atoms with E-state index >= 15 is 0 Å². The Morgan fingerprint density at radius 2 is 1.95 bits per heavy atom. The van der Waals surface area contributed by atoms with Crippen molar-refractivity contribution in [2.45, 2.75) is 38.4 Å². The summed E-state index contributed by atoms with van der Waals surface area (Å²) in [4.78, 5) is 26.0. The molecule has 2 saturated heterocycles. The van der Waals surface area contributed by atoms with Crippen LogP contribution < -0.4 is 5.43 Å². The second kappa shape index (κ2) is 3.98. The number of nitrogens with zero attached hydrogens (tertiary/aromatic N) is 2. The molecule has 100 valence electrons. The number of hydrogen-bond donors (Lipinski definition) is 1. The molecule has 2 atom stereocenters. The molecule has 0 unspecified atom stereocenters. The van der Waals surface area contributed by atoms with Crippen LogP contribution in [-0.2, 0) is 9.59 Å². The zero-order valence-corrected chi connectivity index (χ0v) is 11.1. The van der Waals surface area contributed by atoms with Gasteiger partial charge in [0.15, 0.2) is 0 Å². The molecule has 0 bridgehead atoms. The molecule has 0 aromatic heterocycles. The maximum atomic E-state index is 12.3. The fourth-order valence-corrected chi connectivity index (χ4v) is 3.06. The molecule has 2 aliphatic heterocycles. The highest BCUT2D eigenvalue weighted by atomic mass is 16.2. The van der Waals surface area contributed by atoms with Gasteiger partial charge in [0.05, 0.1) is 5.69 Å². The number of para-hydroxylation sites is 1. The SMILES string of the molecule is C[C@H]1C(=O)N(Nc2ccccc2)[C@]2(C)CCC(=O)N12. The number of nitrogens with one attached hydrogen (secondary N) is 1. The maximum absolute atomic E-state index is 12.3. The Labute approximate surface area is 112 Å². The van der Waals surface area contributed by atoms with E-state index in [1.807, 2.05) is 37.3 Å². The van der Waals surface area contributed by atoms with E-state index in [1.54, 1.807) is 16.8 Å². The highest BCUT2D eigenvalue weighted by Gasteiger charge is 2.58. The van der Waals surface area contributed by atoms with Gasteiger partial charge in [-0.25, -0.2) is 5.01 Å². The van der Waals surface area contributed by atoms with Crippen LogP contribution in [-0.4, -0.2) is 33.4 Å². The lowest BCUT2D eigenvalue weighted by Crippen LogP contribution is -2.51. The van der Waals surface area contributed by atoms with Gasteiger partial charge in [0.1, 0.15) is 11.7 Å². The van der Waals surface area contributed by atoms with Gasteiger partial charge in [-0.05, 0) is 32.4 Å². The van der Waals surface area contributed by atoms with Crippen molar-refractivity contribution in [2.75, 3.05) is 5.43 Å². The fourth-order valence-electron chi connectivity index (χ4n) is 3.06. The van der Waals surface area contributed by atoms with Gasteiger partial charge >= 0.3 is 0 Å². The molecule has 2 fully saturated rings. The van der Waals surface area contributed by atoms with Crippen LogP contribution in [0.4, 0.5) is 5.69 Å². The number of hydrogen-bond acceptors (Lipinski definition) is 3. The zero-order chi connectivity index (χ0) is 13.6. The zero-order valence-electron chi connectivity index (χ0n) is 11.1. The summed E-state index contributed by atoms with van der Waals surface area (Å²) in [6.45, 7) is 3.73. The van der Waals surface area contributed by atoms with Crippen LogP contribution in [0.2, 0.25) is 0 Å². The number of hydrazine groups is 1. The molecule has 1 aromatic rings. The van der Waals surface area contributed by atoms with Crippen molar-refractivity contribution in [2.24, 2.45) is 0 Å². The number of amides is 2. The predicted molar refractivity (Wildman–Crippen MR) is 70.9 cm³/mol. The first-order chi connectivity index (χ1) is 9.04. The Kier molecular flexibility index (Phi) is 2.52. The van der Waals surface area contributed by atoms with Crippen LogP contribution >= 0.6 is 0 Å². The molecule has 3 rings (SSSR count). The highest BCUT2D eigenvalue weighted by Crippen LogP contribution is 2.40. The van der Waals surface area contributed by atoms with E-state index in [4.69, 9.17) is 0 Å². The molecule has 0 radical (unpaired) electrons. The predicted octanol–water partition coefficient (Wildman–Crippen LogP) is 1.58. The number of fused-ring (bicyclic) bond motifs is 1. The number of carbonyl (C=O) groups is 2. The number of benzene rings is 1. The van der Waals surface area contributed by atoms with Gasteiger partial charge < -0.3 is 4.90 Å². The molecule has 2 heterocycles. The first-order valence-electron chi connectivity index (χ1n) is 6.52. The van der Waals surface area contributed by atoms with E-state index in [9.17, 15) is 9.59 Å². The Balaban J connectivity index is 1.93. The van der Waals surface area contributed by atoms with Crippen LogP contribution in [0.15, 0.2) is 30.3 Å². The van der Waals surface area contributed by atoms with Gasteiger partial charge in [-0.2, -0.15) is 0 Å². The van der Waals surface area contributed by atoms with Crippen molar-refractivity contribution in [1.82, 2.24) is 9.91 Å². The summed E-state index contributed by atoms with van der Waals surface area (Å²) in [7, 11) is 0. The second-order valence-corrected chi connectivity index (χ2v) is 5.31. The second-order valence-electron chi connectivity index (χ2n) is 5.31. The average molecular weight is 259 g/mol. The number of rotatable bonds is 2. The van der Waals surface area contributed by atoms with Crippen molar-refractivity contribution in [1.29, 1.82) is 0 Å². The van der Waals surface area contributed by atoms with E-state index in [2.05, 4.69) is 5.43 Å². The number of carbonyl (C=O) groups excluding carboxylic acids is 2. The molecule has 5 heteroatoms. The highest BCUT2D eigenvalue weighted by molar-refractivity contribution is 5.94. The molecule has 0 aliphatic carbocycles. The quantitative estimate of drug-likeness (QED) is 0.877. The Hall–Kier alpha value is -2.04. The van der Waals surface area contributed by atoms with E-state index in [0.717, 1.165) is 5.69 Å². The van der Waals surface area contributed by atoms with E-state index < -0.39 is 11.7 Å². The van der Waals surface area contributed by atoms with E-state index in [1.165, 1.54) is 0 Å². The molecule has 1 aromatic carbocycles. The van der Waals surface area contributed by atoms with Gasteiger partial charge in [0, 0.05) is 6.42 Å². The minimum Gasteiger partial charge on any atom is -0.306 e. The van der Waals surface area contributed by atoms with Crippen LogP contribution in [0, 0.1) is 0 Å². The Morgan fingerprint density at radius 3 is 2.63 bits per heavy atom. The molecule has 19 heavy (non-hydrogen) atoms. The largest absolute Gasteiger partial charge is 0.306 e. The van der Waals surface area contributed by atoms with Gasteiger partial charge in [-0.15, -0.1) is 0 Å². The normalized spacial score (nSPS) is 29.9. The van der Waals surface area contributed by atoms with Crippen molar-refractivity contribution >= 4 is 17.5 Å². The van der Waals surface area contributed by atoms with Crippen LogP contribution in [0.1, 0.15) is 26.7 Å². The molecule has 0 saturated carbocycles. The minimum absolute atomic E-state index is 0.0561. The fraction of sp³-hybridized carbons (Fsp3) is 0.429. The lowest BCUT2D eigenvalue weighted by molar-refractivity contribution is -0.133. The Morgan fingerprint density at radius 1 is 1.26 bits per heavy atom. The summed E-state index contributed by atoms with van der Waals surface area (Å²) in [5, 5.41) is 1.61. The third kappa shape index (κ3) is 1.61. The smallest absolute Gasteiger partial charge is 0.265 e. The van der Waals surface area contributed by atoms with Crippen molar-refractivity contribution in [3.8, 4) is 0 Å². The van der Waals surface area contributed by atoms with E-state index in [-0.39, 0.29) is 11.8 Å². The van der Waals surface area contributed by atoms with Gasteiger partial charge in [-0.1, -0.05) is 18.2 Å². The van der Waals surface area contributed by atoms with Gasteiger partial charge in [0.2, 0.25) is 5.91 Å². The lowest BCUT2D eigenvalue weighted by Gasteiger charge is -2.36. The first kappa shape index (κ1) is 12.0. The van der Waals surface area contributed by atoms with E-state index in [0.29, 0.717) is 12.8 Å². The molecule has 2 amide bonds. The maximum Gasteiger partial charge on any atom is 0.265 e. The van der Waals surface area contributed by atoms with Crippen molar-refractivity contribution in [3.63, 3.8) is 0 Å². The van der Waals surface area contributed by atoms with Crippen LogP contribution in [0.25, 0.3) is 0 Å². The van der Waals surface area contributed by atoms with Crippen LogP contribution in [0.5, 0.6) is 0 Å². The van der Waals surface area contributed by atoms with Gasteiger partial charge in [-0.3, -0.25) is 15.0 Å². The molecule has 2 aliphatic rings. The van der Waals surface area contributed by atoms with Crippen molar-refractivity contribution < 1.29 is 9.59 Å². The average Bonchev–Trinajstić information content (AvgIpc) is 2.80. The summed E-state index contributed by atoms with van der Waals surface area (Å²) in [6.07, 6.45) is 1.17. The van der Waals surface area contributed by atoms with Gasteiger partial charge in [0.25, 0.3) is 5.91 Å². The Bertz CT molecular complexity index is 531. The molecule has 0 spiro atoms. The molecular formula is C14H17N3O2. The number of anilines is 1. The lowest BCUT2D eigenvalue weighted by atomic mass is 10.1. The first-order valence-corrected chi connectivity index (χ1v) is 6.52. The standard InChI is InChI=1S/C14H17N3O2/c1-10-13(19)17(15-11-6-4-3-5-7-11)14(2)9-8-12(18)16(10)14/h3-7,10,15H,8-9H2,1-2H3/t10-,14+/m0/s1. The summed E-state index contributed by atoms with van der Waals surface area (Å²) >= 11 is 0. The summed E-state index contributed by atoms with van der Waals surface area (Å²) < 4.78 is 0. The topological polar surface area (TPSA) is 52.7 Å². The minimum atomic E-state index is -0.552. The third-order valence-corrected chi connectivity index (χ3v) is 4.06. The van der Waals surface area contributed by atoms with Crippen LogP contribution in [0.3, 0.4) is 0 Å². The summed E-state index contributed by atoms with van der Waals surface area (Å²) in [5.74, 6) is 0.000106. The molecule has 1 N–H and O–H groups in total. The van der Waals surface area contributed by atoms with Crippen molar-refractivity contribution in [3.05, 3.63) is 30.3 Å². The summed E-state index contributed by atoms with van der Waals surface area (Å²) in [6, 6.07) is 9.16. The molecular weight excluding hydrogens is 242 g/mol. The third-order valence-electron chi connectivity index (χ3n) is 4.06. The summed E-state index contributed by atoms with van der Waals surface area (Å²) in [5.41, 5.74) is 3.44. The monoisotopic (exact) mass is 259 g/mol.